The fourth-order valence-electron chi connectivity index (χ4n) is 2.72. The molecular formula is C18H19N5O. The zero-order valence-electron chi connectivity index (χ0n) is 13.4. The van der Waals surface area contributed by atoms with E-state index in [1.54, 1.807) is 36.7 Å². The number of amides is 2. The van der Waals surface area contributed by atoms with E-state index in [-0.39, 0.29) is 6.03 Å². The summed E-state index contributed by atoms with van der Waals surface area (Å²) in [5.74, 6) is 0. The van der Waals surface area contributed by atoms with E-state index in [9.17, 15) is 4.79 Å². The summed E-state index contributed by atoms with van der Waals surface area (Å²) in [4.78, 5) is 20.5. The van der Waals surface area contributed by atoms with E-state index in [1.165, 1.54) is 5.56 Å². The number of pyridine rings is 1. The molecule has 0 atom stereocenters. The third-order valence-corrected chi connectivity index (χ3v) is 4.06. The number of anilines is 1. The van der Waals surface area contributed by atoms with E-state index in [0.29, 0.717) is 24.3 Å². The molecule has 2 amide bonds. The number of carbonyl (C=O) groups is 1. The third kappa shape index (κ3) is 4.09. The second-order valence-corrected chi connectivity index (χ2v) is 5.74. The van der Waals surface area contributed by atoms with Crippen LogP contribution in [0.1, 0.15) is 11.1 Å². The lowest BCUT2D eigenvalue weighted by Crippen LogP contribution is -2.49. The van der Waals surface area contributed by atoms with Gasteiger partial charge in [-0.25, -0.2) is 4.79 Å². The molecule has 1 aliphatic heterocycles. The number of nitriles is 1. The molecule has 0 saturated carbocycles. The Balaban J connectivity index is 1.51. The second-order valence-electron chi connectivity index (χ2n) is 5.74. The van der Waals surface area contributed by atoms with Crippen molar-refractivity contribution in [2.24, 2.45) is 0 Å². The van der Waals surface area contributed by atoms with Crippen molar-refractivity contribution >= 4 is 11.7 Å². The van der Waals surface area contributed by atoms with Gasteiger partial charge in [-0.1, -0.05) is 6.07 Å². The Bertz CT molecular complexity index is 733. The molecule has 122 valence electrons. The number of piperazine rings is 1. The van der Waals surface area contributed by atoms with Gasteiger partial charge in [0.1, 0.15) is 0 Å². The first-order valence-corrected chi connectivity index (χ1v) is 7.92. The van der Waals surface area contributed by atoms with Crippen LogP contribution in [-0.4, -0.2) is 47.0 Å². The number of nitrogens with zero attached hydrogens (tertiary/aromatic N) is 4. The standard InChI is InChI=1S/C18H19N5O/c19-13-16-2-1-3-17(12-16)21-18(24)23-10-8-22(9-11-23)14-15-4-6-20-7-5-15/h1-7,12H,8-11,14H2,(H,21,24). The topological polar surface area (TPSA) is 72.3 Å². The summed E-state index contributed by atoms with van der Waals surface area (Å²) in [6.45, 7) is 3.94. The largest absolute Gasteiger partial charge is 0.322 e. The van der Waals surface area contributed by atoms with Crippen LogP contribution in [-0.2, 0) is 6.54 Å². The van der Waals surface area contributed by atoms with Crippen LogP contribution < -0.4 is 5.32 Å². The highest BCUT2D eigenvalue weighted by atomic mass is 16.2. The first-order valence-electron chi connectivity index (χ1n) is 7.92. The Morgan fingerprint density at radius 2 is 1.92 bits per heavy atom. The number of nitrogens with one attached hydrogen (secondary N) is 1. The molecule has 6 nitrogen and oxygen atoms in total. The molecule has 0 aliphatic carbocycles. The number of urea groups is 1. The van der Waals surface area contributed by atoms with Crippen LogP contribution in [0.15, 0.2) is 48.8 Å². The zero-order chi connectivity index (χ0) is 16.8. The molecule has 1 aromatic carbocycles. The van der Waals surface area contributed by atoms with Gasteiger partial charge in [0.15, 0.2) is 0 Å². The summed E-state index contributed by atoms with van der Waals surface area (Å²) in [6, 6.07) is 12.9. The lowest BCUT2D eigenvalue weighted by molar-refractivity contribution is 0.143. The van der Waals surface area contributed by atoms with E-state index in [0.717, 1.165) is 19.6 Å². The van der Waals surface area contributed by atoms with E-state index in [4.69, 9.17) is 5.26 Å². The average molecular weight is 321 g/mol. The van der Waals surface area contributed by atoms with E-state index < -0.39 is 0 Å². The van der Waals surface area contributed by atoms with Gasteiger partial charge in [-0.15, -0.1) is 0 Å². The maximum absolute atomic E-state index is 12.3. The van der Waals surface area contributed by atoms with Crippen molar-refractivity contribution < 1.29 is 4.79 Å². The fraction of sp³-hybridized carbons (Fsp3) is 0.278. The van der Waals surface area contributed by atoms with Gasteiger partial charge >= 0.3 is 6.03 Å². The first-order chi connectivity index (χ1) is 11.7. The van der Waals surface area contributed by atoms with Gasteiger partial charge in [0, 0.05) is 50.8 Å². The van der Waals surface area contributed by atoms with Gasteiger partial charge < -0.3 is 10.2 Å². The van der Waals surface area contributed by atoms with Crippen LogP contribution in [0.3, 0.4) is 0 Å². The summed E-state index contributed by atoms with van der Waals surface area (Å²) >= 11 is 0. The van der Waals surface area contributed by atoms with Crippen molar-refractivity contribution in [1.82, 2.24) is 14.8 Å². The van der Waals surface area contributed by atoms with Crippen molar-refractivity contribution in [2.75, 3.05) is 31.5 Å². The summed E-state index contributed by atoms with van der Waals surface area (Å²) < 4.78 is 0. The predicted molar refractivity (Wildman–Crippen MR) is 91.3 cm³/mol. The lowest BCUT2D eigenvalue weighted by atomic mass is 10.2. The van der Waals surface area contributed by atoms with Crippen LogP contribution in [0.4, 0.5) is 10.5 Å². The summed E-state index contributed by atoms with van der Waals surface area (Å²) in [5, 5.41) is 11.8. The number of carbonyl (C=O) groups excluding carboxylic acids is 1. The fourth-order valence-corrected chi connectivity index (χ4v) is 2.72. The highest BCUT2D eigenvalue weighted by Crippen LogP contribution is 2.12. The molecular weight excluding hydrogens is 302 g/mol. The molecule has 0 bridgehead atoms. The molecule has 1 saturated heterocycles. The van der Waals surface area contributed by atoms with Crippen molar-refractivity contribution in [2.45, 2.75) is 6.54 Å². The molecule has 0 spiro atoms. The predicted octanol–water partition coefficient (Wildman–Crippen LogP) is 2.30. The normalized spacial score (nSPS) is 14.9. The van der Waals surface area contributed by atoms with Gasteiger partial charge in [-0.2, -0.15) is 5.26 Å². The third-order valence-electron chi connectivity index (χ3n) is 4.06. The highest BCUT2D eigenvalue weighted by Gasteiger charge is 2.21. The number of aromatic nitrogens is 1. The Morgan fingerprint density at radius 3 is 2.62 bits per heavy atom. The maximum atomic E-state index is 12.3. The summed E-state index contributed by atoms with van der Waals surface area (Å²) in [7, 11) is 0. The number of rotatable bonds is 3. The average Bonchev–Trinajstić information content (AvgIpc) is 2.63. The molecule has 6 heteroatoms. The quantitative estimate of drug-likeness (QED) is 0.941. The monoisotopic (exact) mass is 321 g/mol. The Hall–Kier alpha value is -2.91. The van der Waals surface area contributed by atoms with Crippen LogP contribution in [0, 0.1) is 11.3 Å². The van der Waals surface area contributed by atoms with E-state index in [1.807, 2.05) is 17.0 Å². The van der Waals surface area contributed by atoms with Crippen molar-refractivity contribution in [3.8, 4) is 6.07 Å². The molecule has 2 aromatic rings. The van der Waals surface area contributed by atoms with Crippen LogP contribution in [0.25, 0.3) is 0 Å². The minimum absolute atomic E-state index is 0.117. The van der Waals surface area contributed by atoms with Gasteiger partial charge in [0.25, 0.3) is 0 Å². The van der Waals surface area contributed by atoms with Crippen molar-refractivity contribution in [3.05, 3.63) is 59.9 Å². The molecule has 2 heterocycles. The summed E-state index contributed by atoms with van der Waals surface area (Å²) in [5.41, 5.74) is 2.42. The number of hydrogen-bond acceptors (Lipinski definition) is 4. The smallest absolute Gasteiger partial charge is 0.321 e. The zero-order valence-corrected chi connectivity index (χ0v) is 13.4. The lowest BCUT2D eigenvalue weighted by Gasteiger charge is -2.34. The number of benzene rings is 1. The van der Waals surface area contributed by atoms with Gasteiger partial charge in [0.2, 0.25) is 0 Å². The first kappa shape index (κ1) is 16.0. The molecule has 1 aromatic heterocycles. The highest BCUT2D eigenvalue weighted by molar-refractivity contribution is 5.89. The van der Waals surface area contributed by atoms with E-state index >= 15 is 0 Å². The minimum Gasteiger partial charge on any atom is -0.322 e. The molecule has 24 heavy (non-hydrogen) atoms. The molecule has 1 fully saturated rings. The van der Waals surface area contributed by atoms with Crippen LogP contribution in [0.2, 0.25) is 0 Å². The van der Waals surface area contributed by atoms with Gasteiger partial charge in [-0.3, -0.25) is 9.88 Å². The van der Waals surface area contributed by atoms with E-state index in [2.05, 4.69) is 21.3 Å². The molecule has 1 N–H and O–H groups in total. The Kier molecular flexibility index (Phi) is 5.04. The van der Waals surface area contributed by atoms with Crippen LogP contribution >= 0.6 is 0 Å². The SMILES string of the molecule is N#Cc1cccc(NC(=O)N2CCN(Cc3ccncc3)CC2)c1. The summed E-state index contributed by atoms with van der Waals surface area (Å²) in [6.07, 6.45) is 3.60. The molecule has 3 rings (SSSR count). The second kappa shape index (κ2) is 7.57. The Morgan fingerprint density at radius 1 is 1.17 bits per heavy atom. The number of hydrogen-bond donors (Lipinski definition) is 1. The van der Waals surface area contributed by atoms with Gasteiger partial charge in [0.05, 0.1) is 11.6 Å². The van der Waals surface area contributed by atoms with Crippen molar-refractivity contribution in [1.29, 1.82) is 5.26 Å². The molecule has 0 radical (unpaired) electrons. The Labute approximate surface area is 141 Å². The molecule has 1 aliphatic rings. The maximum Gasteiger partial charge on any atom is 0.321 e. The van der Waals surface area contributed by atoms with Crippen LogP contribution in [0.5, 0.6) is 0 Å². The van der Waals surface area contributed by atoms with Gasteiger partial charge in [-0.05, 0) is 35.9 Å². The van der Waals surface area contributed by atoms with Crippen molar-refractivity contribution in [3.63, 3.8) is 0 Å². The molecule has 0 unspecified atom stereocenters. The minimum atomic E-state index is -0.117.